The van der Waals surface area contributed by atoms with Crippen LogP contribution in [0.2, 0.25) is 10.0 Å². The van der Waals surface area contributed by atoms with Gasteiger partial charge in [0, 0.05) is 19.1 Å². The van der Waals surface area contributed by atoms with Crippen molar-refractivity contribution in [2.45, 2.75) is 25.8 Å². The summed E-state index contributed by atoms with van der Waals surface area (Å²) in [6, 6.07) is 5.98. The fraction of sp³-hybridized carbons (Fsp3) is 0.571. The third kappa shape index (κ3) is 3.00. The summed E-state index contributed by atoms with van der Waals surface area (Å²) >= 11 is 12.4. The Bertz CT molecular complexity index is 409. The Morgan fingerprint density at radius 2 is 2.22 bits per heavy atom. The minimum absolute atomic E-state index is 0.180. The Kier molecular flexibility index (Phi) is 4.91. The maximum atomic E-state index is 6.31. The van der Waals surface area contributed by atoms with Crippen molar-refractivity contribution in [1.29, 1.82) is 0 Å². The average Bonchev–Trinajstić information content (AvgIpc) is 2.35. The average molecular weight is 287 g/mol. The molecule has 0 saturated carbocycles. The number of likely N-dealkylation sites (tertiary alicyclic amines) is 1. The van der Waals surface area contributed by atoms with Gasteiger partial charge in [-0.3, -0.25) is 4.90 Å². The number of rotatable bonds is 3. The zero-order chi connectivity index (χ0) is 13.1. The highest BCUT2D eigenvalue weighted by atomic mass is 35.5. The summed E-state index contributed by atoms with van der Waals surface area (Å²) in [5.74, 6) is 0.728. The molecule has 2 unspecified atom stereocenters. The van der Waals surface area contributed by atoms with Gasteiger partial charge in [0.1, 0.15) is 0 Å². The van der Waals surface area contributed by atoms with Gasteiger partial charge < -0.3 is 5.73 Å². The van der Waals surface area contributed by atoms with Gasteiger partial charge in [-0.1, -0.05) is 42.3 Å². The van der Waals surface area contributed by atoms with Crippen molar-refractivity contribution in [1.82, 2.24) is 4.90 Å². The molecule has 1 heterocycles. The molecule has 0 aliphatic carbocycles. The van der Waals surface area contributed by atoms with Crippen LogP contribution in [0.15, 0.2) is 18.2 Å². The highest BCUT2D eigenvalue weighted by molar-refractivity contribution is 6.42. The van der Waals surface area contributed by atoms with E-state index in [4.69, 9.17) is 28.9 Å². The van der Waals surface area contributed by atoms with E-state index in [0.717, 1.165) is 24.6 Å². The van der Waals surface area contributed by atoms with Crippen molar-refractivity contribution in [2.24, 2.45) is 11.7 Å². The van der Waals surface area contributed by atoms with Crippen LogP contribution in [0, 0.1) is 5.92 Å². The fourth-order valence-electron chi connectivity index (χ4n) is 2.76. The van der Waals surface area contributed by atoms with Crippen molar-refractivity contribution in [3.8, 4) is 0 Å². The van der Waals surface area contributed by atoms with Gasteiger partial charge in [0.25, 0.3) is 0 Å². The van der Waals surface area contributed by atoms with Gasteiger partial charge in [-0.05, 0) is 36.9 Å². The summed E-state index contributed by atoms with van der Waals surface area (Å²) in [4.78, 5) is 2.44. The minimum atomic E-state index is 0.180. The van der Waals surface area contributed by atoms with Crippen LogP contribution in [0.3, 0.4) is 0 Å². The molecule has 1 aliphatic heterocycles. The van der Waals surface area contributed by atoms with E-state index in [2.05, 4.69) is 11.8 Å². The van der Waals surface area contributed by atoms with E-state index < -0.39 is 0 Å². The van der Waals surface area contributed by atoms with Crippen molar-refractivity contribution >= 4 is 23.2 Å². The maximum absolute atomic E-state index is 6.31. The van der Waals surface area contributed by atoms with Gasteiger partial charge in [-0.2, -0.15) is 0 Å². The summed E-state index contributed by atoms with van der Waals surface area (Å²) in [5.41, 5.74) is 7.01. The molecule has 0 bridgehead atoms. The minimum Gasteiger partial charge on any atom is -0.329 e. The third-order valence-corrected chi connectivity index (χ3v) is 4.53. The molecule has 1 aromatic rings. The van der Waals surface area contributed by atoms with Crippen molar-refractivity contribution in [3.05, 3.63) is 33.8 Å². The lowest BCUT2D eigenvalue weighted by molar-refractivity contribution is 0.133. The second kappa shape index (κ2) is 6.25. The summed E-state index contributed by atoms with van der Waals surface area (Å²) in [6.07, 6.45) is 2.53. The summed E-state index contributed by atoms with van der Waals surface area (Å²) in [6.45, 7) is 5.05. The standard InChI is InChI=1S/C14H20Cl2N2/c1-10-4-3-7-18(9-10)13(8-17)11-5-2-6-12(15)14(11)16/h2,5-6,10,13H,3-4,7-9,17H2,1H3. The lowest BCUT2D eigenvalue weighted by Crippen LogP contribution is -2.40. The smallest absolute Gasteiger partial charge is 0.0640 e. The number of piperidine rings is 1. The van der Waals surface area contributed by atoms with Crippen molar-refractivity contribution in [3.63, 3.8) is 0 Å². The molecule has 1 fully saturated rings. The quantitative estimate of drug-likeness (QED) is 0.918. The van der Waals surface area contributed by atoms with Crippen molar-refractivity contribution < 1.29 is 0 Å². The highest BCUT2D eigenvalue weighted by Gasteiger charge is 2.25. The van der Waals surface area contributed by atoms with Gasteiger partial charge in [-0.25, -0.2) is 0 Å². The Morgan fingerprint density at radius 1 is 1.44 bits per heavy atom. The van der Waals surface area contributed by atoms with E-state index in [9.17, 15) is 0 Å². The molecule has 2 nitrogen and oxygen atoms in total. The third-order valence-electron chi connectivity index (χ3n) is 3.69. The van der Waals surface area contributed by atoms with Crippen LogP contribution in [-0.4, -0.2) is 24.5 Å². The van der Waals surface area contributed by atoms with Crippen LogP contribution in [0.5, 0.6) is 0 Å². The van der Waals surface area contributed by atoms with Gasteiger partial charge in [0.2, 0.25) is 0 Å². The normalized spacial score (nSPS) is 23.0. The zero-order valence-electron chi connectivity index (χ0n) is 10.7. The lowest BCUT2D eigenvalue weighted by atomic mass is 9.96. The van der Waals surface area contributed by atoms with Gasteiger partial charge in [0.15, 0.2) is 0 Å². The largest absolute Gasteiger partial charge is 0.329 e. The van der Waals surface area contributed by atoms with Crippen LogP contribution in [0.4, 0.5) is 0 Å². The lowest BCUT2D eigenvalue weighted by Gasteiger charge is -2.37. The molecule has 4 heteroatoms. The second-order valence-corrected chi connectivity index (χ2v) is 5.92. The highest BCUT2D eigenvalue weighted by Crippen LogP contribution is 2.34. The van der Waals surface area contributed by atoms with Crippen molar-refractivity contribution in [2.75, 3.05) is 19.6 Å². The Hall–Kier alpha value is -0.280. The van der Waals surface area contributed by atoms with Gasteiger partial charge in [0.05, 0.1) is 10.0 Å². The molecule has 18 heavy (non-hydrogen) atoms. The molecule has 2 N–H and O–H groups in total. The van der Waals surface area contributed by atoms with Crippen LogP contribution >= 0.6 is 23.2 Å². The van der Waals surface area contributed by atoms with E-state index in [1.54, 1.807) is 0 Å². The monoisotopic (exact) mass is 286 g/mol. The molecule has 1 saturated heterocycles. The number of benzene rings is 1. The van der Waals surface area contributed by atoms with Crippen LogP contribution in [0.25, 0.3) is 0 Å². The molecule has 1 aromatic carbocycles. The van der Waals surface area contributed by atoms with Crippen LogP contribution in [0.1, 0.15) is 31.4 Å². The molecule has 2 atom stereocenters. The molecule has 0 amide bonds. The summed E-state index contributed by atoms with van der Waals surface area (Å²) in [5, 5.41) is 1.26. The van der Waals surface area contributed by atoms with Gasteiger partial charge >= 0.3 is 0 Å². The Labute approximate surface area is 119 Å². The van der Waals surface area contributed by atoms with E-state index in [1.165, 1.54) is 12.8 Å². The number of nitrogens with two attached hydrogens (primary N) is 1. The van der Waals surface area contributed by atoms with E-state index in [0.29, 0.717) is 16.6 Å². The predicted molar refractivity (Wildman–Crippen MR) is 78.2 cm³/mol. The fourth-order valence-corrected chi connectivity index (χ4v) is 3.19. The Morgan fingerprint density at radius 3 is 2.89 bits per heavy atom. The molecule has 1 aliphatic rings. The maximum Gasteiger partial charge on any atom is 0.0640 e. The predicted octanol–water partition coefficient (Wildman–Crippen LogP) is 3.73. The molecule has 100 valence electrons. The van der Waals surface area contributed by atoms with E-state index >= 15 is 0 Å². The number of hydrogen-bond donors (Lipinski definition) is 1. The first-order valence-electron chi connectivity index (χ1n) is 6.51. The van der Waals surface area contributed by atoms with Crippen LogP contribution < -0.4 is 5.73 Å². The second-order valence-electron chi connectivity index (χ2n) is 5.14. The number of hydrogen-bond acceptors (Lipinski definition) is 2. The molecule has 0 radical (unpaired) electrons. The molecule has 0 aromatic heterocycles. The first kappa shape index (κ1) is 14.1. The van der Waals surface area contributed by atoms with Gasteiger partial charge in [-0.15, -0.1) is 0 Å². The molecular weight excluding hydrogens is 267 g/mol. The zero-order valence-corrected chi connectivity index (χ0v) is 12.2. The molecular formula is C14H20Cl2N2. The molecule has 0 spiro atoms. The first-order chi connectivity index (χ1) is 8.63. The van der Waals surface area contributed by atoms with E-state index in [-0.39, 0.29) is 6.04 Å². The topological polar surface area (TPSA) is 29.3 Å². The number of halogens is 2. The van der Waals surface area contributed by atoms with E-state index in [1.807, 2.05) is 18.2 Å². The molecule has 2 rings (SSSR count). The first-order valence-corrected chi connectivity index (χ1v) is 7.27. The number of nitrogens with zero attached hydrogens (tertiary/aromatic N) is 1. The summed E-state index contributed by atoms with van der Waals surface area (Å²) < 4.78 is 0. The Balaban J connectivity index is 2.24. The summed E-state index contributed by atoms with van der Waals surface area (Å²) in [7, 11) is 0. The van der Waals surface area contributed by atoms with Crippen LogP contribution in [-0.2, 0) is 0 Å². The SMILES string of the molecule is CC1CCCN(C(CN)c2cccc(Cl)c2Cl)C1.